The van der Waals surface area contributed by atoms with Crippen LogP contribution >= 0.6 is 0 Å². The molecule has 1 heterocycles. The number of Topliss-reactive ketones (excluding diaryl/α,β-unsaturated/α-hetero) is 1. The third kappa shape index (κ3) is 4.19. The minimum absolute atomic E-state index is 0.0805. The minimum atomic E-state index is -1.61. The predicted molar refractivity (Wildman–Crippen MR) is 155 cm³/mol. The Hall–Kier alpha value is -5.31. The van der Waals surface area contributed by atoms with Crippen LogP contribution in [0.5, 0.6) is 34.5 Å². The Bertz CT molecular complexity index is 1770. The fourth-order valence-corrected chi connectivity index (χ4v) is 6.16. The molecular formula is C34H28O9. The van der Waals surface area contributed by atoms with Gasteiger partial charge in [-0.3, -0.25) is 9.59 Å². The maximum Gasteiger partial charge on any atom is 0.331 e. The summed E-state index contributed by atoms with van der Waals surface area (Å²) in [4.78, 5) is 41.3. The van der Waals surface area contributed by atoms with Gasteiger partial charge in [-0.2, -0.15) is 0 Å². The van der Waals surface area contributed by atoms with Crippen LogP contribution in [0.15, 0.2) is 72.8 Å². The summed E-state index contributed by atoms with van der Waals surface area (Å²) in [5.41, 5.74) is 1.03. The summed E-state index contributed by atoms with van der Waals surface area (Å²) in [6, 6.07) is 20.5. The van der Waals surface area contributed by atoms with Crippen molar-refractivity contribution in [2.24, 2.45) is 0 Å². The van der Waals surface area contributed by atoms with Crippen molar-refractivity contribution >= 4 is 17.7 Å². The van der Waals surface area contributed by atoms with Gasteiger partial charge in [-0.05, 0) is 53.1 Å². The van der Waals surface area contributed by atoms with Gasteiger partial charge in [-0.25, -0.2) is 4.79 Å². The molecule has 1 aliphatic heterocycles. The van der Waals surface area contributed by atoms with E-state index in [-0.39, 0.29) is 22.8 Å². The smallest absolute Gasteiger partial charge is 0.331 e. The van der Waals surface area contributed by atoms with E-state index >= 15 is 0 Å². The highest BCUT2D eigenvalue weighted by atomic mass is 16.6. The highest BCUT2D eigenvalue weighted by molar-refractivity contribution is 6.13. The summed E-state index contributed by atoms with van der Waals surface area (Å²) in [5.74, 6) is -0.306. The molecule has 0 spiro atoms. The number of fused-ring (bicyclic) bond motifs is 2. The molecule has 0 aromatic heterocycles. The lowest BCUT2D eigenvalue weighted by Crippen LogP contribution is -2.37. The average Bonchev–Trinajstić information content (AvgIpc) is 3.27. The van der Waals surface area contributed by atoms with E-state index < -0.39 is 23.3 Å². The number of hydrogen-bond acceptors (Lipinski definition) is 9. The number of carbonyl (C=O) groups is 3. The van der Waals surface area contributed by atoms with Crippen LogP contribution in [0.25, 0.3) is 0 Å². The van der Waals surface area contributed by atoms with Crippen LogP contribution in [-0.4, -0.2) is 46.2 Å². The first kappa shape index (κ1) is 27.8. The first-order chi connectivity index (χ1) is 20.8. The molecule has 0 amide bonds. The van der Waals surface area contributed by atoms with E-state index in [1.54, 1.807) is 74.9 Å². The second-order valence-corrected chi connectivity index (χ2v) is 10.2. The molecular weight excluding hydrogens is 552 g/mol. The summed E-state index contributed by atoms with van der Waals surface area (Å²) in [6.45, 7) is 1.26. The van der Waals surface area contributed by atoms with E-state index in [9.17, 15) is 14.4 Å². The van der Waals surface area contributed by atoms with E-state index in [2.05, 4.69) is 0 Å². The third-order valence-corrected chi connectivity index (χ3v) is 7.98. The fourth-order valence-electron chi connectivity index (χ4n) is 6.16. The molecule has 0 unspecified atom stereocenters. The largest absolute Gasteiger partial charge is 0.497 e. The number of benzene rings is 4. The van der Waals surface area contributed by atoms with Crippen LogP contribution in [0.1, 0.15) is 51.0 Å². The van der Waals surface area contributed by atoms with Gasteiger partial charge < -0.3 is 28.4 Å². The molecule has 43 heavy (non-hydrogen) atoms. The molecule has 218 valence electrons. The lowest BCUT2D eigenvalue weighted by molar-refractivity contribution is -0.135. The van der Waals surface area contributed by atoms with Crippen LogP contribution in [0.4, 0.5) is 0 Å². The maximum absolute atomic E-state index is 14.9. The summed E-state index contributed by atoms with van der Waals surface area (Å²) in [5, 5.41) is 0. The van der Waals surface area contributed by atoms with Crippen LogP contribution < -0.4 is 28.4 Å². The van der Waals surface area contributed by atoms with Crippen LogP contribution in [0.2, 0.25) is 0 Å². The van der Waals surface area contributed by atoms with Crippen LogP contribution in [-0.2, 0) is 15.0 Å². The Morgan fingerprint density at radius 2 is 1.37 bits per heavy atom. The lowest BCUT2D eigenvalue weighted by Gasteiger charge is -2.31. The van der Waals surface area contributed by atoms with Gasteiger partial charge >= 0.3 is 11.9 Å². The van der Waals surface area contributed by atoms with E-state index in [4.69, 9.17) is 28.4 Å². The first-order valence-corrected chi connectivity index (χ1v) is 13.4. The molecule has 0 saturated heterocycles. The third-order valence-electron chi connectivity index (χ3n) is 7.98. The second-order valence-electron chi connectivity index (χ2n) is 10.2. The Morgan fingerprint density at radius 1 is 0.744 bits per heavy atom. The lowest BCUT2D eigenvalue weighted by atomic mass is 9.68. The highest BCUT2D eigenvalue weighted by Gasteiger charge is 2.58. The van der Waals surface area contributed by atoms with Gasteiger partial charge in [0.2, 0.25) is 0 Å². The predicted octanol–water partition coefficient (Wildman–Crippen LogP) is 5.23. The molecule has 1 aliphatic carbocycles. The number of carbonyl (C=O) groups excluding carboxylic acids is 3. The zero-order chi connectivity index (χ0) is 30.5. The van der Waals surface area contributed by atoms with Crippen molar-refractivity contribution in [1.82, 2.24) is 0 Å². The van der Waals surface area contributed by atoms with Gasteiger partial charge in [-0.1, -0.05) is 24.3 Å². The molecule has 0 saturated carbocycles. The van der Waals surface area contributed by atoms with Crippen LogP contribution in [0.3, 0.4) is 0 Å². The maximum atomic E-state index is 14.9. The van der Waals surface area contributed by atoms with E-state index in [0.29, 0.717) is 50.8 Å². The SMILES string of the molecule is COc1ccc([C@@H]2C(=O)c3cc(OC(C)=O)cc4c3[C@](c3ccc(OC)cc3)(C(=O)O4)c3cc(OC)cc(OC)c32)cc1. The number of hydrogen-bond donors (Lipinski definition) is 0. The van der Waals surface area contributed by atoms with Crippen molar-refractivity contribution in [3.05, 3.63) is 106 Å². The average molecular weight is 581 g/mol. The molecule has 0 bridgehead atoms. The molecule has 9 nitrogen and oxygen atoms in total. The van der Waals surface area contributed by atoms with Gasteiger partial charge in [0, 0.05) is 35.7 Å². The van der Waals surface area contributed by atoms with Crippen molar-refractivity contribution in [3.8, 4) is 34.5 Å². The monoisotopic (exact) mass is 580 g/mol. The minimum Gasteiger partial charge on any atom is -0.497 e. The molecule has 0 fully saturated rings. The van der Waals surface area contributed by atoms with Gasteiger partial charge in [0.25, 0.3) is 0 Å². The van der Waals surface area contributed by atoms with Crippen molar-refractivity contribution in [2.45, 2.75) is 18.3 Å². The second kappa shape index (κ2) is 10.5. The summed E-state index contributed by atoms with van der Waals surface area (Å²) in [6.07, 6.45) is 0. The quantitative estimate of drug-likeness (QED) is 0.215. The van der Waals surface area contributed by atoms with E-state index in [0.717, 1.165) is 0 Å². The van der Waals surface area contributed by atoms with Gasteiger partial charge in [0.05, 0.1) is 34.4 Å². The first-order valence-electron chi connectivity index (χ1n) is 13.4. The normalized spacial score (nSPS) is 18.1. The van der Waals surface area contributed by atoms with Crippen LogP contribution in [0, 0.1) is 0 Å². The number of ketones is 1. The van der Waals surface area contributed by atoms with Gasteiger partial charge in [0.1, 0.15) is 39.9 Å². The van der Waals surface area contributed by atoms with Crippen molar-refractivity contribution in [2.75, 3.05) is 28.4 Å². The van der Waals surface area contributed by atoms with E-state index in [1.807, 2.05) is 0 Å². The van der Waals surface area contributed by atoms with Crippen molar-refractivity contribution in [1.29, 1.82) is 0 Å². The Kier molecular flexibility index (Phi) is 6.80. The molecule has 4 aromatic carbocycles. The summed E-state index contributed by atoms with van der Waals surface area (Å²) < 4.78 is 33.7. The Labute approximate surface area is 247 Å². The topological polar surface area (TPSA) is 107 Å². The van der Waals surface area contributed by atoms with Gasteiger partial charge in [0.15, 0.2) is 5.78 Å². The molecule has 0 N–H and O–H groups in total. The standard InChI is InChI=1S/C34H28O9/c1-18(35)42-24-14-25-31-28(17-24)43-33(37)34(31,20-8-12-22(39-3)13-9-20)26-15-23(40-4)16-27(41-5)30(26)29(32(25)36)19-6-10-21(38-2)11-7-19/h6-17,29H,1-5H3/t29-,34+/m0/s1. The molecule has 0 radical (unpaired) electrons. The number of esters is 2. The zero-order valence-electron chi connectivity index (χ0n) is 24.2. The Morgan fingerprint density at radius 3 is 1.95 bits per heavy atom. The molecule has 4 aromatic rings. The number of methoxy groups -OCH3 is 4. The highest BCUT2D eigenvalue weighted by Crippen LogP contribution is 2.58. The zero-order valence-corrected chi connectivity index (χ0v) is 24.2. The molecule has 2 aliphatic rings. The molecule has 6 rings (SSSR count). The van der Waals surface area contributed by atoms with Crippen molar-refractivity contribution < 1.29 is 42.8 Å². The van der Waals surface area contributed by atoms with E-state index in [1.165, 1.54) is 33.3 Å². The fraction of sp³-hybridized carbons (Fsp3) is 0.206. The Balaban J connectivity index is 1.80. The molecule has 9 heteroatoms. The number of ether oxygens (including phenoxy) is 6. The summed E-state index contributed by atoms with van der Waals surface area (Å²) >= 11 is 0. The number of rotatable bonds is 7. The van der Waals surface area contributed by atoms with Gasteiger partial charge in [-0.15, -0.1) is 0 Å². The molecule has 2 atom stereocenters. The summed E-state index contributed by atoms with van der Waals surface area (Å²) in [7, 11) is 6.13. The van der Waals surface area contributed by atoms with Crippen molar-refractivity contribution in [3.63, 3.8) is 0 Å².